The first-order valence-corrected chi connectivity index (χ1v) is 10.7. The largest absolute Gasteiger partial charge is 0.496 e. The van der Waals surface area contributed by atoms with E-state index in [2.05, 4.69) is 22.3 Å². The van der Waals surface area contributed by atoms with E-state index in [1.165, 1.54) is 17.3 Å². The van der Waals surface area contributed by atoms with Gasteiger partial charge in [-0.2, -0.15) is 5.26 Å². The van der Waals surface area contributed by atoms with E-state index in [1.54, 1.807) is 14.0 Å². The summed E-state index contributed by atoms with van der Waals surface area (Å²) in [4.78, 5) is 12.4. The van der Waals surface area contributed by atoms with E-state index in [-0.39, 0.29) is 22.8 Å². The second kappa shape index (κ2) is 10.5. The lowest BCUT2D eigenvalue weighted by atomic mass is 10.1. The molecule has 0 unspecified atom stereocenters. The van der Waals surface area contributed by atoms with Crippen molar-refractivity contribution in [1.82, 2.24) is 14.8 Å². The maximum absolute atomic E-state index is 12.4. The Balaban J connectivity index is 1.92. The van der Waals surface area contributed by atoms with Crippen LogP contribution in [-0.2, 0) is 17.8 Å². The summed E-state index contributed by atoms with van der Waals surface area (Å²) in [5.41, 5.74) is 7.85. The van der Waals surface area contributed by atoms with Crippen LogP contribution in [0.25, 0.3) is 11.4 Å². The average Bonchev–Trinajstić information content (AvgIpc) is 3.19. The van der Waals surface area contributed by atoms with Gasteiger partial charge in [0.15, 0.2) is 16.8 Å². The molecule has 2 aromatic carbocycles. The molecule has 0 aliphatic rings. The molecule has 0 bridgehead atoms. The van der Waals surface area contributed by atoms with Gasteiger partial charge >= 0.3 is 0 Å². The number of thioether (sulfide) groups is 1. The molecule has 2 N–H and O–H groups in total. The summed E-state index contributed by atoms with van der Waals surface area (Å²) < 4.78 is 7.48. The van der Waals surface area contributed by atoms with Gasteiger partial charge in [0.25, 0.3) is 0 Å². The molecule has 0 saturated carbocycles. The zero-order valence-corrected chi connectivity index (χ0v) is 18.2. The van der Waals surface area contributed by atoms with Crippen molar-refractivity contribution < 1.29 is 9.53 Å². The number of aromatic nitrogens is 3. The van der Waals surface area contributed by atoms with E-state index in [1.807, 2.05) is 53.1 Å². The molecule has 3 rings (SSSR count). The molecule has 0 aliphatic carbocycles. The zero-order chi connectivity index (χ0) is 22.2. The SMILES string of the molecule is COc1ccccc1-c1nnc(SCC(=O)/C(C#N)=C(/C)N)n1CCc1ccccc1. The van der Waals surface area contributed by atoms with Crippen LogP contribution in [0, 0.1) is 11.3 Å². The maximum Gasteiger partial charge on any atom is 0.191 e. The Morgan fingerprint density at radius 1 is 1.16 bits per heavy atom. The predicted octanol–water partition coefficient (Wildman–Crippen LogP) is 3.61. The maximum atomic E-state index is 12.4. The van der Waals surface area contributed by atoms with Crippen molar-refractivity contribution in [3.05, 3.63) is 71.4 Å². The Kier molecular flexibility index (Phi) is 7.46. The highest BCUT2D eigenvalue weighted by atomic mass is 32.2. The number of benzene rings is 2. The normalized spacial score (nSPS) is 11.5. The quantitative estimate of drug-likeness (QED) is 0.312. The molecule has 0 aliphatic heterocycles. The lowest BCUT2D eigenvalue weighted by molar-refractivity contribution is -0.112. The van der Waals surface area contributed by atoms with E-state index in [4.69, 9.17) is 10.5 Å². The van der Waals surface area contributed by atoms with Crippen molar-refractivity contribution in [2.45, 2.75) is 25.0 Å². The van der Waals surface area contributed by atoms with Gasteiger partial charge in [0.2, 0.25) is 0 Å². The van der Waals surface area contributed by atoms with Crippen LogP contribution < -0.4 is 10.5 Å². The minimum atomic E-state index is -0.330. The Morgan fingerprint density at radius 3 is 2.55 bits per heavy atom. The van der Waals surface area contributed by atoms with Gasteiger partial charge in [-0.05, 0) is 31.0 Å². The molecule has 0 amide bonds. The van der Waals surface area contributed by atoms with Crippen LogP contribution in [0.1, 0.15) is 12.5 Å². The number of methoxy groups -OCH3 is 1. The number of aryl methyl sites for hydroxylation is 1. The van der Waals surface area contributed by atoms with Gasteiger partial charge in [-0.15, -0.1) is 10.2 Å². The first-order valence-electron chi connectivity index (χ1n) is 9.68. The van der Waals surface area contributed by atoms with E-state index in [9.17, 15) is 10.1 Å². The van der Waals surface area contributed by atoms with E-state index in [0.717, 1.165) is 12.0 Å². The number of Topliss-reactive ketones (excluding diaryl/α,β-unsaturated/α-hetero) is 1. The third-order valence-electron chi connectivity index (χ3n) is 4.65. The molecule has 158 valence electrons. The average molecular weight is 434 g/mol. The number of hydrogen-bond acceptors (Lipinski definition) is 7. The van der Waals surface area contributed by atoms with Gasteiger partial charge in [0.1, 0.15) is 17.4 Å². The van der Waals surface area contributed by atoms with Crippen molar-refractivity contribution in [2.75, 3.05) is 12.9 Å². The Labute approximate surface area is 185 Å². The topological polar surface area (TPSA) is 107 Å². The van der Waals surface area contributed by atoms with E-state index >= 15 is 0 Å². The first-order chi connectivity index (χ1) is 15.0. The highest BCUT2D eigenvalue weighted by Crippen LogP contribution is 2.31. The van der Waals surface area contributed by atoms with Crippen LogP contribution in [0.4, 0.5) is 0 Å². The molecule has 0 radical (unpaired) electrons. The summed E-state index contributed by atoms with van der Waals surface area (Å²) in [7, 11) is 1.61. The second-order valence-corrected chi connectivity index (χ2v) is 7.72. The Hall–Kier alpha value is -3.57. The zero-order valence-electron chi connectivity index (χ0n) is 17.4. The van der Waals surface area contributed by atoms with Gasteiger partial charge in [-0.3, -0.25) is 4.79 Å². The number of nitriles is 1. The van der Waals surface area contributed by atoms with Gasteiger partial charge < -0.3 is 15.0 Å². The Bertz CT molecular complexity index is 1130. The molecule has 0 saturated heterocycles. The van der Waals surface area contributed by atoms with E-state index in [0.29, 0.717) is 23.3 Å². The lowest BCUT2D eigenvalue weighted by Crippen LogP contribution is -2.11. The minimum absolute atomic E-state index is 0.0206. The molecule has 31 heavy (non-hydrogen) atoms. The Morgan fingerprint density at radius 2 is 1.87 bits per heavy atom. The van der Waals surface area contributed by atoms with Crippen molar-refractivity contribution >= 4 is 17.5 Å². The third-order valence-corrected chi connectivity index (χ3v) is 5.62. The third kappa shape index (κ3) is 5.32. The number of allylic oxidation sites excluding steroid dienone is 2. The number of nitrogens with zero attached hydrogens (tertiary/aromatic N) is 4. The summed E-state index contributed by atoms with van der Waals surface area (Å²) in [5, 5.41) is 18.5. The fraction of sp³-hybridized carbons (Fsp3) is 0.217. The number of nitrogens with two attached hydrogens (primary N) is 1. The van der Waals surface area contributed by atoms with Crippen molar-refractivity contribution in [2.24, 2.45) is 5.73 Å². The van der Waals surface area contributed by atoms with E-state index < -0.39 is 0 Å². The van der Waals surface area contributed by atoms with Gasteiger partial charge in [0, 0.05) is 12.2 Å². The van der Waals surface area contributed by atoms with Crippen LogP contribution in [0.2, 0.25) is 0 Å². The monoisotopic (exact) mass is 433 g/mol. The summed E-state index contributed by atoms with van der Waals surface area (Å²) in [5.74, 6) is 1.07. The molecule has 0 spiro atoms. The predicted molar refractivity (Wildman–Crippen MR) is 120 cm³/mol. The number of carbonyl (C=O) groups excluding carboxylic acids is 1. The van der Waals surface area contributed by atoms with Crippen molar-refractivity contribution in [3.63, 3.8) is 0 Å². The van der Waals surface area contributed by atoms with Crippen LogP contribution in [0.3, 0.4) is 0 Å². The van der Waals surface area contributed by atoms with Gasteiger partial charge in [-0.1, -0.05) is 54.2 Å². The van der Waals surface area contributed by atoms with Gasteiger partial charge in [0.05, 0.1) is 18.4 Å². The fourth-order valence-corrected chi connectivity index (χ4v) is 3.92. The molecular formula is C23H23N5O2S. The highest BCUT2D eigenvalue weighted by molar-refractivity contribution is 7.99. The van der Waals surface area contributed by atoms with Crippen molar-refractivity contribution in [3.8, 4) is 23.2 Å². The van der Waals surface area contributed by atoms with Crippen LogP contribution >= 0.6 is 11.8 Å². The number of ketones is 1. The molecule has 3 aromatic rings. The van der Waals surface area contributed by atoms with Gasteiger partial charge in [-0.25, -0.2) is 0 Å². The second-order valence-electron chi connectivity index (χ2n) is 6.78. The molecule has 1 heterocycles. The standard InChI is InChI=1S/C23H23N5O2S/c1-16(25)19(14-24)20(29)15-31-23-27-26-22(18-10-6-7-11-21(18)30-2)28(23)13-12-17-8-4-3-5-9-17/h3-11H,12-13,15,25H2,1-2H3/b19-16-. The molecular weight excluding hydrogens is 410 g/mol. The van der Waals surface area contributed by atoms with Crippen LogP contribution in [0.5, 0.6) is 5.75 Å². The molecule has 1 aromatic heterocycles. The van der Waals surface area contributed by atoms with Crippen LogP contribution in [-0.4, -0.2) is 33.4 Å². The molecule has 8 heteroatoms. The lowest BCUT2D eigenvalue weighted by Gasteiger charge is -2.12. The number of rotatable bonds is 9. The summed E-state index contributed by atoms with van der Waals surface area (Å²) in [6.45, 7) is 2.17. The fourth-order valence-electron chi connectivity index (χ4n) is 3.08. The highest BCUT2D eigenvalue weighted by Gasteiger charge is 2.19. The number of carbonyl (C=O) groups is 1. The number of para-hydroxylation sites is 1. The first kappa shape index (κ1) is 22.1. The molecule has 0 atom stereocenters. The number of ether oxygens (including phenoxy) is 1. The molecule has 0 fully saturated rings. The minimum Gasteiger partial charge on any atom is -0.496 e. The van der Waals surface area contributed by atoms with Crippen molar-refractivity contribution in [1.29, 1.82) is 5.26 Å². The molecule has 7 nitrogen and oxygen atoms in total. The summed E-state index contributed by atoms with van der Waals surface area (Å²) in [6.07, 6.45) is 0.772. The van der Waals surface area contributed by atoms with Crippen LogP contribution in [0.15, 0.2) is 71.0 Å². The number of hydrogen-bond donors (Lipinski definition) is 1. The summed E-state index contributed by atoms with van der Waals surface area (Å²) >= 11 is 1.24. The summed E-state index contributed by atoms with van der Waals surface area (Å²) in [6, 6.07) is 19.6. The smallest absolute Gasteiger partial charge is 0.191 e.